The second-order valence-electron chi connectivity index (χ2n) is 10.0. The molecule has 2 aromatic carbocycles. The van der Waals surface area contributed by atoms with Gasteiger partial charge in [0.1, 0.15) is 0 Å². The van der Waals surface area contributed by atoms with Crippen molar-refractivity contribution in [3.8, 4) is 0 Å². The number of halogens is 1. The first-order valence-corrected chi connectivity index (χ1v) is 11.2. The van der Waals surface area contributed by atoms with Gasteiger partial charge in [0.2, 0.25) is 0 Å². The molecule has 1 N–H and O–H groups in total. The maximum atomic E-state index is 11.9. The van der Waals surface area contributed by atoms with Crippen molar-refractivity contribution in [2.45, 2.75) is 69.9 Å². The van der Waals surface area contributed by atoms with Gasteiger partial charge in [-0.2, -0.15) is 0 Å². The fraction of sp³-hybridized carbons (Fsp3) is 0.538. The van der Waals surface area contributed by atoms with E-state index >= 15 is 0 Å². The summed E-state index contributed by atoms with van der Waals surface area (Å²) >= 11 is 6.59. The molecule has 0 saturated heterocycles. The lowest BCUT2D eigenvalue weighted by molar-refractivity contribution is -0.0770. The minimum absolute atomic E-state index is 0.0999. The van der Waals surface area contributed by atoms with Crippen LogP contribution in [-0.2, 0) is 11.8 Å². The summed E-state index contributed by atoms with van der Waals surface area (Å²) in [5.74, 6) is 0.147. The zero-order valence-electron chi connectivity index (χ0n) is 18.6. The lowest BCUT2D eigenvalue weighted by Gasteiger charge is -2.46. The van der Waals surface area contributed by atoms with E-state index < -0.39 is 5.60 Å². The van der Waals surface area contributed by atoms with E-state index in [9.17, 15) is 5.11 Å². The molecule has 0 amide bonds. The molecule has 3 heteroatoms. The first-order valence-electron chi connectivity index (χ1n) is 10.8. The van der Waals surface area contributed by atoms with Crippen LogP contribution in [0.15, 0.2) is 48.5 Å². The van der Waals surface area contributed by atoms with Gasteiger partial charge in [0.15, 0.2) is 0 Å². The second-order valence-corrected chi connectivity index (χ2v) is 10.4. The number of hydrogen-bond acceptors (Lipinski definition) is 2. The van der Waals surface area contributed by atoms with Gasteiger partial charge in [0, 0.05) is 23.4 Å². The molecule has 1 aliphatic rings. The predicted molar refractivity (Wildman–Crippen MR) is 124 cm³/mol. The minimum atomic E-state index is -0.727. The quantitative estimate of drug-likeness (QED) is 0.612. The molecule has 2 aromatic rings. The van der Waals surface area contributed by atoms with Crippen molar-refractivity contribution >= 4 is 11.6 Å². The van der Waals surface area contributed by atoms with Gasteiger partial charge in [0.05, 0.1) is 5.60 Å². The van der Waals surface area contributed by atoms with Crippen LogP contribution < -0.4 is 0 Å². The van der Waals surface area contributed by atoms with E-state index in [1.807, 2.05) is 18.2 Å². The highest BCUT2D eigenvalue weighted by Crippen LogP contribution is 2.46. The van der Waals surface area contributed by atoms with Crippen LogP contribution in [0.5, 0.6) is 0 Å². The Balaban J connectivity index is 1.92. The molecule has 29 heavy (non-hydrogen) atoms. The third kappa shape index (κ3) is 5.05. The molecule has 1 aliphatic carbocycles. The van der Waals surface area contributed by atoms with Crippen LogP contribution in [0.3, 0.4) is 0 Å². The van der Waals surface area contributed by atoms with E-state index in [1.54, 1.807) is 0 Å². The minimum Gasteiger partial charge on any atom is -0.389 e. The maximum Gasteiger partial charge on any atom is 0.0734 e. The van der Waals surface area contributed by atoms with Crippen molar-refractivity contribution in [1.82, 2.24) is 4.90 Å². The Bertz CT molecular complexity index is 808. The molecule has 0 aromatic heterocycles. The van der Waals surface area contributed by atoms with Crippen LogP contribution >= 0.6 is 11.6 Å². The normalized spacial score (nSPS) is 23.9. The van der Waals surface area contributed by atoms with E-state index in [2.05, 4.69) is 70.1 Å². The van der Waals surface area contributed by atoms with Crippen molar-refractivity contribution in [2.75, 3.05) is 14.1 Å². The Morgan fingerprint density at radius 3 is 2.31 bits per heavy atom. The lowest BCUT2D eigenvalue weighted by Crippen LogP contribution is -2.48. The summed E-state index contributed by atoms with van der Waals surface area (Å²) in [5.41, 5.74) is 3.07. The zero-order chi connectivity index (χ0) is 21.2. The average molecular weight is 414 g/mol. The van der Waals surface area contributed by atoms with Gasteiger partial charge in [-0.15, -0.1) is 0 Å². The molecule has 3 atom stereocenters. The molecule has 1 saturated carbocycles. The van der Waals surface area contributed by atoms with Crippen LogP contribution in [0, 0.1) is 5.92 Å². The van der Waals surface area contributed by atoms with Crippen molar-refractivity contribution in [2.24, 2.45) is 5.92 Å². The summed E-state index contributed by atoms with van der Waals surface area (Å²) in [7, 11) is 4.20. The van der Waals surface area contributed by atoms with Gasteiger partial charge < -0.3 is 10.0 Å². The van der Waals surface area contributed by atoms with E-state index in [4.69, 9.17) is 11.6 Å². The first-order chi connectivity index (χ1) is 13.6. The van der Waals surface area contributed by atoms with Crippen LogP contribution in [0.25, 0.3) is 0 Å². The number of aliphatic hydroxyl groups is 1. The topological polar surface area (TPSA) is 23.5 Å². The van der Waals surface area contributed by atoms with Crippen LogP contribution in [0.4, 0.5) is 0 Å². The molecule has 158 valence electrons. The SMILES string of the molecule is CN(C)C(c1ccccc1Cl)C1CCCCC1(O)Cc1ccc(C(C)(C)C)cc1. The van der Waals surface area contributed by atoms with E-state index in [-0.39, 0.29) is 17.4 Å². The molecule has 2 nitrogen and oxygen atoms in total. The second kappa shape index (κ2) is 8.79. The molecule has 0 aliphatic heterocycles. The molecule has 0 heterocycles. The van der Waals surface area contributed by atoms with Gasteiger partial charge in [-0.3, -0.25) is 0 Å². The standard InChI is InChI=1S/C26H36ClNO/c1-25(2,3)20-15-13-19(14-16-20)18-26(29)17-9-8-11-22(26)24(28(4)5)21-10-6-7-12-23(21)27/h6-7,10,12-16,22,24,29H,8-9,11,17-18H2,1-5H3. The van der Waals surface area contributed by atoms with Gasteiger partial charge in [-0.25, -0.2) is 0 Å². The molecular formula is C26H36ClNO. The fourth-order valence-electron chi connectivity index (χ4n) is 4.97. The summed E-state index contributed by atoms with van der Waals surface area (Å²) in [6.07, 6.45) is 4.79. The first kappa shape index (κ1) is 22.3. The lowest BCUT2D eigenvalue weighted by atomic mass is 9.67. The summed E-state index contributed by atoms with van der Waals surface area (Å²) in [6.45, 7) is 6.70. The largest absolute Gasteiger partial charge is 0.389 e. The zero-order valence-corrected chi connectivity index (χ0v) is 19.3. The Hall–Kier alpha value is -1.35. The highest BCUT2D eigenvalue weighted by Gasteiger charge is 2.44. The van der Waals surface area contributed by atoms with Crippen molar-refractivity contribution in [1.29, 1.82) is 0 Å². The number of rotatable bonds is 5. The Kier molecular flexibility index (Phi) is 6.77. The maximum absolute atomic E-state index is 11.9. The van der Waals surface area contributed by atoms with Gasteiger partial charge in [0.25, 0.3) is 0 Å². The molecule has 0 bridgehead atoms. The van der Waals surface area contributed by atoms with Crippen molar-refractivity contribution in [3.63, 3.8) is 0 Å². The highest BCUT2D eigenvalue weighted by atomic mass is 35.5. The summed E-state index contributed by atoms with van der Waals surface area (Å²) in [6, 6.07) is 17.0. The molecule has 0 spiro atoms. The summed E-state index contributed by atoms with van der Waals surface area (Å²) in [5, 5.41) is 12.7. The number of benzene rings is 2. The van der Waals surface area contributed by atoms with E-state index in [0.29, 0.717) is 6.42 Å². The van der Waals surface area contributed by atoms with Crippen LogP contribution in [0.2, 0.25) is 5.02 Å². The number of hydrogen-bond donors (Lipinski definition) is 1. The Morgan fingerprint density at radius 1 is 1.07 bits per heavy atom. The van der Waals surface area contributed by atoms with E-state index in [0.717, 1.165) is 36.3 Å². The molecule has 3 unspecified atom stereocenters. The fourth-order valence-corrected chi connectivity index (χ4v) is 5.21. The van der Waals surface area contributed by atoms with Gasteiger partial charge in [-0.05, 0) is 55.1 Å². The highest BCUT2D eigenvalue weighted by molar-refractivity contribution is 6.31. The van der Waals surface area contributed by atoms with Gasteiger partial charge >= 0.3 is 0 Å². The van der Waals surface area contributed by atoms with Crippen molar-refractivity contribution < 1.29 is 5.11 Å². The Morgan fingerprint density at radius 2 is 1.72 bits per heavy atom. The third-order valence-electron chi connectivity index (χ3n) is 6.56. The molecule has 0 radical (unpaired) electrons. The smallest absolute Gasteiger partial charge is 0.0734 e. The van der Waals surface area contributed by atoms with Crippen LogP contribution in [-0.4, -0.2) is 29.7 Å². The number of nitrogens with zero attached hydrogens (tertiary/aromatic N) is 1. The third-order valence-corrected chi connectivity index (χ3v) is 6.90. The van der Waals surface area contributed by atoms with Crippen LogP contribution in [0.1, 0.15) is 69.2 Å². The molecular weight excluding hydrogens is 378 g/mol. The summed E-state index contributed by atoms with van der Waals surface area (Å²) < 4.78 is 0. The van der Waals surface area contributed by atoms with E-state index in [1.165, 1.54) is 11.1 Å². The average Bonchev–Trinajstić information content (AvgIpc) is 2.64. The Labute approximate surface area is 181 Å². The van der Waals surface area contributed by atoms with Gasteiger partial charge in [-0.1, -0.05) is 87.7 Å². The monoisotopic (exact) mass is 413 g/mol. The summed E-state index contributed by atoms with van der Waals surface area (Å²) in [4.78, 5) is 2.23. The molecule has 3 rings (SSSR count). The predicted octanol–water partition coefficient (Wildman–Crippen LogP) is 6.40. The van der Waals surface area contributed by atoms with Crippen molar-refractivity contribution in [3.05, 3.63) is 70.2 Å². The molecule has 1 fully saturated rings.